The van der Waals surface area contributed by atoms with Crippen molar-refractivity contribution in [2.75, 3.05) is 11.5 Å². The molecule has 3 heterocycles. The SMILES string of the molecule is CCCCCCSCC[C@@H]1[C@H](CCCCCCC(=O)O)[C@H]2O[C@@H]1[C@H]1O[C@H]12. The van der Waals surface area contributed by atoms with Gasteiger partial charge in [0.05, 0.1) is 12.2 Å². The topological polar surface area (TPSA) is 59.1 Å². The van der Waals surface area contributed by atoms with Crippen molar-refractivity contribution in [3.8, 4) is 0 Å². The first-order chi connectivity index (χ1) is 12.7. The molecule has 3 fully saturated rings. The van der Waals surface area contributed by atoms with Gasteiger partial charge in [0.2, 0.25) is 0 Å². The molecule has 3 aliphatic rings. The van der Waals surface area contributed by atoms with Crippen LogP contribution in [-0.4, -0.2) is 47.0 Å². The monoisotopic (exact) mass is 384 g/mol. The normalized spacial score (nSPS) is 34.2. The van der Waals surface area contributed by atoms with Crippen molar-refractivity contribution in [2.24, 2.45) is 11.8 Å². The lowest BCUT2D eigenvalue weighted by Crippen LogP contribution is -2.33. The summed E-state index contributed by atoms with van der Waals surface area (Å²) < 4.78 is 12.1. The van der Waals surface area contributed by atoms with Crippen molar-refractivity contribution in [2.45, 2.75) is 102 Å². The highest BCUT2D eigenvalue weighted by atomic mass is 32.2. The van der Waals surface area contributed by atoms with E-state index in [2.05, 4.69) is 18.7 Å². The summed E-state index contributed by atoms with van der Waals surface area (Å²) in [7, 11) is 0. The zero-order valence-corrected chi connectivity index (χ0v) is 17.1. The number of carboxylic acids is 1. The van der Waals surface area contributed by atoms with E-state index in [1.807, 2.05) is 0 Å². The van der Waals surface area contributed by atoms with Crippen molar-refractivity contribution in [3.05, 3.63) is 0 Å². The van der Waals surface area contributed by atoms with Gasteiger partial charge in [0.25, 0.3) is 0 Å². The standard InChI is InChI=1S/C21H36O4S/c1-2-3-4-9-13-26-14-12-16-15(10-7-5-6-8-11-17(22)23)18-20-21(25-20)19(16)24-18/h15-16,18-21H,2-14H2,1H3,(H,22,23)/t15-,16+,18+,19-,20-,21+/m0/s1. The zero-order valence-electron chi connectivity index (χ0n) is 16.2. The molecular weight excluding hydrogens is 348 g/mol. The molecule has 0 aromatic heterocycles. The van der Waals surface area contributed by atoms with Crippen LogP contribution in [0, 0.1) is 11.8 Å². The lowest BCUT2D eigenvalue weighted by atomic mass is 9.75. The Morgan fingerprint density at radius 3 is 2.19 bits per heavy atom. The average Bonchev–Trinajstić information content (AvgIpc) is 3.25. The second-order valence-corrected chi connectivity index (χ2v) is 9.49. The fourth-order valence-corrected chi connectivity index (χ4v) is 5.95. The summed E-state index contributed by atoms with van der Waals surface area (Å²) in [5, 5.41) is 8.71. The van der Waals surface area contributed by atoms with Gasteiger partial charge < -0.3 is 14.6 Å². The Balaban J connectivity index is 1.32. The number of unbranched alkanes of at least 4 members (excludes halogenated alkanes) is 6. The Morgan fingerprint density at radius 1 is 0.808 bits per heavy atom. The molecule has 3 rings (SSSR count). The van der Waals surface area contributed by atoms with Crippen LogP contribution in [0.5, 0.6) is 0 Å². The molecule has 26 heavy (non-hydrogen) atoms. The Morgan fingerprint density at radius 2 is 1.46 bits per heavy atom. The molecule has 0 radical (unpaired) electrons. The van der Waals surface area contributed by atoms with E-state index in [-0.39, 0.29) is 0 Å². The first-order valence-corrected chi connectivity index (χ1v) is 12.0. The van der Waals surface area contributed by atoms with Crippen LogP contribution in [0.2, 0.25) is 0 Å². The van der Waals surface area contributed by atoms with Crippen molar-refractivity contribution in [1.29, 1.82) is 0 Å². The summed E-state index contributed by atoms with van der Waals surface area (Å²) in [6.07, 6.45) is 14.0. The van der Waals surface area contributed by atoms with Gasteiger partial charge in [-0.2, -0.15) is 11.8 Å². The van der Waals surface area contributed by atoms with Crippen LogP contribution >= 0.6 is 11.8 Å². The lowest BCUT2D eigenvalue weighted by molar-refractivity contribution is -0.137. The molecule has 6 atom stereocenters. The second-order valence-electron chi connectivity index (χ2n) is 8.27. The third kappa shape index (κ3) is 5.39. The lowest BCUT2D eigenvalue weighted by Gasteiger charge is -2.26. The van der Waals surface area contributed by atoms with Gasteiger partial charge in [-0.1, -0.05) is 45.4 Å². The molecule has 3 aliphatic heterocycles. The average molecular weight is 385 g/mol. The van der Waals surface area contributed by atoms with Gasteiger partial charge >= 0.3 is 5.97 Å². The van der Waals surface area contributed by atoms with Gasteiger partial charge in [0, 0.05) is 6.42 Å². The number of epoxide rings is 1. The van der Waals surface area contributed by atoms with Crippen LogP contribution in [-0.2, 0) is 14.3 Å². The smallest absolute Gasteiger partial charge is 0.303 e. The van der Waals surface area contributed by atoms with E-state index < -0.39 is 5.97 Å². The third-order valence-electron chi connectivity index (χ3n) is 6.33. The summed E-state index contributed by atoms with van der Waals surface area (Å²) >= 11 is 2.12. The summed E-state index contributed by atoms with van der Waals surface area (Å²) in [5.74, 6) is 3.25. The van der Waals surface area contributed by atoms with Crippen LogP contribution in [0.15, 0.2) is 0 Å². The molecular formula is C21H36O4S. The molecule has 5 heteroatoms. The number of carboxylic acid groups (broad SMARTS) is 1. The highest BCUT2D eigenvalue weighted by Gasteiger charge is 2.68. The minimum absolute atomic E-state index is 0.312. The van der Waals surface area contributed by atoms with Crippen molar-refractivity contribution < 1.29 is 19.4 Å². The van der Waals surface area contributed by atoms with Crippen molar-refractivity contribution in [3.63, 3.8) is 0 Å². The predicted molar refractivity (Wildman–Crippen MR) is 106 cm³/mol. The highest BCUT2D eigenvalue weighted by molar-refractivity contribution is 7.99. The molecule has 0 unspecified atom stereocenters. The molecule has 2 bridgehead atoms. The molecule has 0 aromatic carbocycles. The number of hydrogen-bond acceptors (Lipinski definition) is 4. The van der Waals surface area contributed by atoms with Crippen LogP contribution in [0.4, 0.5) is 0 Å². The van der Waals surface area contributed by atoms with Gasteiger partial charge in [-0.25, -0.2) is 0 Å². The first kappa shape index (κ1) is 20.5. The number of carbonyl (C=O) groups is 1. The molecule has 1 N–H and O–H groups in total. The number of fused-ring (bicyclic) bond motifs is 5. The van der Waals surface area contributed by atoms with Crippen molar-refractivity contribution in [1.82, 2.24) is 0 Å². The molecule has 0 saturated carbocycles. The van der Waals surface area contributed by atoms with Gasteiger partial charge in [0.1, 0.15) is 12.2 Å². The van der Waals surface area contributed by atoms with Crippen molar-refractivity contribution >= 4 is 17.7 Å². The fraction of sp³-hybridized carbons (Fsp3) is 0.952. The minimum Gasteiger partial charge on any atom is -0.481 e. The molecule has 0 amide bonds. The van der Waals surface area contributed by atoms with E-state index in [4.69, 9.17) is 14.6 Å². The van der Waals surface area contributed by atoms with Crippen LogP contribution in [0.25, 0.3) is 0 Å². The van der Waals surface area contributed by atoms with Gasteiger partial charge in [0.15, 0.2) is 0 Å². The molecule has 0 aromatic rings. The first-order valence-electron chi connectivity index (χ1n) is 10.8. The summed E-state index contributed by atoms with van der Waals surface area (Å²) in [4.78, 5) is 10.6. The van der Waals surface area contributed by atoms with Gasteiger partial charge in [-0.15, -0.1) is 0 Å². The van der Waals surface area contributed by atoms with E-state index >= 15 is 0 Å². The quantitative estimate of drug-likeness (QED) is 0.321. The Labute approximate surface area is 162 Å². The van der Waals surface area contributed by atoms with Gasteiger partial charge in [-0.3, -0.25) is 4.79 Å². The van der Waals surface area contributed by atoms with Crippen LogP contribution in [0.3, 0.4) is 0 Å². The Hall–Kier alpha value is -0.260. The number of rotatable bonds is 15. The maximum absolute atomic E-state index is 10.6. The molecule has 4 nitrogen and oxygen atoms in total. The molecule has 0 aliphatic carbocycles. The highest BCUT2D eigenvalue weighted by Crippen LogP contribution is 2.56. The Kier molecular flexibility index (Phi) is 8.13. The molecule has 3 saturated heterocycles. The minimum atomic E-state index is -0.671. The zero-order chi connectivity index (χ0) is 18.4. The number of hydrogen-bond donors (Lipinski definition) is 1. The van der Waals surface area contributed by atoms with E-state index in [9.17, 15) is 4.79 Å². The third-order valence-corrected chi connectivity index (χ3v) is 7.43. The molecule has 150 valence electrons. The number of ether oxygens (including phenoxy) is 2. The maximum atomic E-state index is 10.6. The Bertz CT molecular complexity index is 444. The maximum Gasteiger partial charge on any atom is 0.303 e. The second kappa shape index (κ2) is 10.3. The summed E-state index contributed by atoms with van der Waals surface area (Å²) in [6, 6.07) is 0. The van der Waals surface area contributed by atoms with E-state index in [1.165, 1.54) is 56.5 Å². The number of aliphatic carboxylic acids is 1. The molecule has 0 spiro atoms. The van der Waals surface area contributed by atoms with E-state index in [0.717, 1.165) is 19.3 Å². The summed E-state index contributed by atoms with van der Waals surface area (Å²) in [6.45, 7) is 2.27. The number of thioether (sulfide) groups is 1. The van der Waals surface area contributed by atoms with Crippen LogP contribution in [0.1, 0.15) is 77.6 Å². The largest absolute Gasteiger partial charge is 0.481 e. The van der Waals surface area contributed by atoms with Gasteiger partial charge in [-0.05, 0) is 49.0 Å². The van der Waals surface area contributed by atoms with Crippen LogP contribution < -0.4 is 0 Å². The van der Waals surface area contributed by atoms with E-state index in [0.29, 0.717) is 42.7 Å². The fourth-order valence-electron chi connectivity index (χ4n) is 4.90. The predicted octanol–water partition coefficient (Wildman–Crippen LogP) is 4.90. The summed E-state index contributed by atoms with van der Waals surface area (Å²) in [5.41, 5.74) is 0. The van der Waals surface area contributed by atoms with E-state index in [1.54, 1.807) is 0 Å².